The van der Waals surface area contributed by atoms with Gasteiger partial charge >= 0.3 is 0 Å². The highest BCUT2D eigenvalue weighted by atomic mass is 79.9. The minimum absolute atomic E-state index is 0.296. The number of aliphatic hydroxyl groups is 1. The molecule has 0 bridgehead atoms. The molecule has 4 heteroatoms. The van der Waals surface area contributed by atoms with Crippen LogP contribution < -0.4 is 0 Å². The molecule has 0 amide bonds. The van der Waals surface area contributed by atoms with E-state index in [1.54, 1.807) is 6.07 Å². The molecule has 0 aliphatic carbocycles. The maximum atomic E-state index is 13.0. The van der Waals surface area contributed by atoms with Crippen LogP contribution in [0.4, 0.5) is 4.39 Å². The SMILES string of the molecule is Cc1cc(C(O)Cc2ccc(F)cc2Br)c(C)o1. The third kappa shape index (κ3) is 2.82. The molecule has 0 saturated heterocycles. The molecule has 1 unspecified atom stereocenters. The molecule has 1 heterocycles. The average molecular weight is 313 g/mol. The van der Waals surface area contributed by atoms with E-state index in [1.165, 1.54) is 12.1 Å². The van der Waals surface area contributed by atoms with E-state index in [9.17, 15) is 9.50 Å². The summed E-state index contributed by atoms with van der Waals surface area (Å²) >= 11 is 3.30. The largest absolute Gasteiger partial charge is 0.466 e. The first kappa shape index (κ1) is 13.3. The fourth-order valence-electron chi connectivity index (χ4n) is 1.99. The maximum Gasteiger partial charge on any atom is 0.124 e. The van der Waals surface area contributed by atoms with Crippen molar-refractivity contribution >= 4 is 15.9 Å². The van der Waals surface area contributed by atoms with Gasteiger partial charge < -0.3 is 9.52 Å². The number of hydrogen-bond donors (Lipinski definition) is 1. The fourth-order valence-corrected chi connectivity index (χ4v) is 2.50. The van der Waals surface area contributed by atoms with Crippen LogP contribution in [0.2, 0.25) is 0 Å². The minimum atomic E-state index is -0.649. The summed E-state index contributed by atoms with van der Waals surface area (Å²) in [7, 11) is 0. The Kier molecular flexibility index (Phi) is 3.88. The van der Waals surface area contributed by atoms with Gasteiger partial charge in [-0.15, -0.1) is 0 Å². The van der Waals surface area contributed by atoms with Gasteiger partial charge in [-0.3, -0.25) is 0 Å². The molecule has 0 aliphatic heterocycles. The number of aryl methyl sites for hydroxylation is 2. The van der Waals surface area contributed by atoms with Crippen molar-refractivity contribution < 1.29 is 13.9 Å². The van der Waals surface area contributed by atoms with Crippen LogP contribution in [0.3, 0.4) is 0 Å². The van der Waals surface area contributed by atoms with Crippen molar-refractivity contribution in [1.82, 2.24) is 0 Å². The molecular weight excluding hydrogens is 299 g/mol. The van der Waals surface area contributed by atoms with Crippen LogP contribution in [-0.2, 0) is 6.42 Å². The zero-order chi connectivity index (χ0) is 13.3. The van der Waals surface area contributed by atoms with Crippen LogP contribution in [0.15, 0.2) is 33.2 Å². The molecule has 0 radical (unpaired) electrons. The summed E-state index contributed by atoms with van der Waals surface area (Å²) in [4.78, 5) is 0. The lowest BCUT2D eigenvalue weighted by molar-refractivity contribution is 0.176. The summed E-state index contributed by atoms with van der Waals surface area (Å²) in [6.45, 7) is 3.67. The predicted octanol–water partition coefficient (Wildman–Crippen LogP) is 4.07. The van der Waals surface area contributed by atoms with Crippen molar-refractivity contribution in [3.05, 3.63) is 57.2 Å². The normalized spacial score (nSPS) is 12.7. The van der Waals surface area contributed by atoms with Crippen molar-refractivity contribution in [2.24, 2.45) is 0 Å². The van der Waals surface area contributed by atoms with E-state index in [1.807, 2.05) is 19.9 Å². The number of benzene rings is 1. The van der Waals surface area contributed by atoms with Crippen LogP contribution in [0.5, 0.6) is 0 Å². The molecular formula is C14H14BrFO2. The first-order chi connectivity index (χ1) is 8.47. The van der Waals surface area contributed by atoms with Gasteiger partial charge in [0.25, 0.3) is 0 Å². The van der Waals surface area contributed by atoms with E-state index in [0.717, 1.165) is 22.6 Å². The van der Waals surface area contributed by atoms with Gasteiger partial charge in [0.15, 0.2) is 0 Å². The average Bonchev–Trinajstić information content (AvgIpc) is 2.62. The Labute approximate surface area is 114 Å². The Hall–Kier alpha value is -1.13. The highest BCUT2D eigenvalue weighted by Crippen LogP contribution is 2.27. The van der Waals surface area contributed by atoms with E-state index < -0.39 is 6.10 Å². The molecule has 96 valence electrons. The van der Waals surface area contributed by atoms with Gasteiger partial charge in [-0.25, -0.2) is 4.39 Å². The van der Waals surface area contributed by atoms with Gasteiger partial charge in [-0.1, -0.05) is 22.0 Å². The summed E-state index contributed by atoms with van der Waals surface area (Å²) in [5.41, 5.74) is 1.64. The van der Waals surface area contributed by atoms with Crippen LogP contribution >= 0.6 is 15.9 Å². The summed E-state index contributed by atoms with van der Waals surface area (Å²) in [6.07, 6.45) is -0.232. The van der Waals surface area contributed by atoms with E-state index >= 15 is 0 Å². The number of aliphatic hydroxyl groups excluding tert-OH is 1. The van der Waals surface area contributed by atoms with Crippen LogP contribution in [-0.4, -0.2) is 5.11 Å². The minimum Gasteiger partial charge on any atom is -0.466 e. The molecule has 1 N–H and O–H groups in total. The second kappa shape index (κ2) is 5.24. The lowest BCUT2D eigenvalue weighted by atomic mass is 10.0. The van der Waals surface area contributed by atoms with Crippen molar-refractivity contribution in [2.45, 2.75) is 26.4 Å². The fraction of sp³-hybridized carbons (Fsp3) is 0.286. The van der Waals surface area contributed by atoms with E-state index in [0.29, 0.717) is 10.9 Å². The topological polar surface area (TPSA) is 33.4 Å². The number of hydrogen-bond acceptors (Lipinski definition) is 2. The quantitative estimate of drug-likeness (QED) is 0.926. The summed E-state index contributed by atoms with van der Waals surface area (Å²) in [5.74, 6) is 1.20. The van der Waals surface area contributed by atoms with Crippen LogP contribution in [0, 0.1) is 19.7 Å². The zero-order valence-corrected chi connectivity index (χ0v) is 11.8. The maximum absolute atomic E-state index is 13.0. The molecule has 18 heavy (non-hydrogen) atoms. The summed E-state index contributed by atoms with van der Waals surface area (Å²) in [5, 5.41) is 10.2. The molecule has 0 saturated carbocycles. The van der Waals surface area contributed by atoms with Gasteiger partial charge in [0.05, 0.1) is 6.10 Å². The van der Waals surface area contributed by atoms with E-state index in [4.69, 9.17) is 4.42 Å². The van der Waals surface area contributed by atoms with Crippen LogP contribution in [0.1, 0.15) is 28.8 Å². The Morgan fingerprint density at radius 1 is 1.33 bits per heavy atom. The van der Waals surface area contributed by atoms with Gasteiger partial charge in [0.2, 0.25) is 0 Å². The Morgan fingerprint density at radius 3 is 2.61 bits per heavy atom. The van der Waals surface area contributed by atoms with Gasteiger partial charge in [0.1, 0.15) is 17.3 Å². The summed E-state index contributed by atoms with van der Waals surface area (Å²) in [6, 6.07) is 6.29. The number of furan rings is 1. The molecule has 2 aromatic rings. The molecule has 1 aromatic carbocycles. The van der Waals surface area contributed by atoms with Gasteiger partial charge in [-0.2, -0.15) is 0 Å². The second-order valence-electron chi connectivity index (χ2n) is 4.32. The Bertz CT molecular complexity index is 563. The van der Waals surface area contributed by atoms with E-state index in [2.05, 4.69) is 15.9 Å². The third-order valence-electron chi connectivity index (χ3n) is 2.87. The Balaban J connectivity index is 2.21. The molecule has 1 aromatic heterocycles. The van der Waals surface area contributed by atoms with Crippen molar-refractivity contribution in [2.75, 3.05) is 0 Å². The standard InChI is InChI=1S/C14H14BrFO2/c1-8-5-12(9(2)18-8)14(17)6-10-3-4-11(16)7-13(10)15/h3-5,7,14,17H,6H2,1-2H3. The van der Waals surface area contributed by atoms with Crippen LogP contribution in [0.25, 0.3) is 0 Å². The molecule has 0 aliphatic rings. The molecule has 0 spiro atoms. The number of halogens is 2. The highest BCUT2D eigenvalue weighted by molar-refractivity contribution is 9.10. The smallest absolute Gasteiger partial charge is 0.124 e. The molecule has 1 atom stereocenters. The Morgan fingerprint density at radius 2 is 2.06 bits per heavy atom. The first-order valence-corrected chi connectivity index (χ1v) is 6.45. The highest BCUT2D eigenvalue weighted by Gasteiger charge is 2.16. The second-order valence-corrected chi connectivity index (χ2v) is 5.18. The molecule has 2 nitrogen and oxygen atoms in total. The molecule has 0 fully saturated rings. The monoisotopic (exact) mass is 312 g/mol. The van der Waals surface area contributed by atoms with Crippen molar-refractivity contribution in [1.29, 1.82) is 0 Å². The molecule has 2 rings (SSSR count). The third-order valence-corrected chi connectivity index (χ3v) is 3.60. The lowest BCUT2D eigenvalue weighted by Crippen LogP contribution is -2.02. The summed E-state index contributed by atoms with van der Waals surface area (Å²) < 4.78 is 19.0. The van der Waals surface area contributed by atoms with Crippen molar-refractivity contribution in [3.63, 3.8) is 0 Å². The van der Waals surface area contributed by atoms with E-state index in [-0.39, 0.29) is 5.82 Å². The number of rotatable bonds is 3. The van der Waals surface area contributed by atoms with Crippen molar-refractivity contribution in [3.8, 4) is 0 Å². The van der Waals surface area contributed by atoms with Gasteiger partial charge in [-0.05, 0) is 37.6 Å². The zero-order valence-electron chi connectivity index (χ0n) is 10.2. The lowest BCUT2D eigenvalue weighted by Gasteiger charge is -2.11. The predicted molar refractivity (Wildman–Crippen MR) is 70.9 cm³/mol. The van der Waals surface area contributed by atoms with Gasteiger partial charge in [0, 0.05) is 16.5 Å². The first-order valence-electron chi connectivity index (χ1n) is 5.66.